The van der Waals surface area contributed by atoms with E-state index >= 15 is 0 Å². The number of fused-ring (bicyclic) bond motifs is 1. The van der Waals surface area contributed by atoms with Crippen molar-refractivity contribution in [1.29, 1.82) is 0 Å². The molecule has 1 aliphatic carbocycles. The van der Waals surface area contributed by atoms with E-state index in [1.165, 1.54) is 30.3 Å². The number of ketones is 1. The predicted molar refractivity (Wildman–Crippen MR) is 121 cm³/mol. The highest BCUT2D eigenvalue weighted by atomic mass is 35.5. The van der Waals surface area contributed by atoms with Gasteiger partial charge in [-0.3, -0.25) is 4.79 Å². The number of sulfonamides is 1. The van der Waals surface area contributed by atoms with Gasteiger partial charge < -0.3 is 10.1 Å². The summed E-state index contributed by atoms with van der Waals surface area (Å²) in [6.45, 7) is 0. The summed E-state index contributed by atoms with van der Waals surface area (Å²) in [6, 6.07) is 19.5. The van der Waals surface area contributed by atoms with E-state index in [1.54, 1.807) is 55.6 Å². The Bertz CT molecular complexity index is 1310. The predicted octanol–water partition coefficient (Wildman–Crippen LogP) is 4.72. The van der Waals surface area contributed by atoms with Gasteiger partial charge in [-0.15, -0.1) is 0 Å². The van der Waals surface area contributed by atoms with Gasteiger partial charge in [0.2, 0.25) is 5.78 Å². The third-order valence-corrected chi connectivity index (χ3v) is 6.23. The lowest BCUT2D eigenvalue weighted by molar-refractivity contribution is 0.103. The first kappa shape index (κ1) is 20.8. The third kappa shape index (κ3) is 4.38. The Kier molecular flexibility index (Phi) is 5.63. The lowest BCUT2D eigenvalue weighted by Gasteiger charge is -2.19. The fourth-order valence-electron chi connectivity index (χ4n) is 3.12. The molecule has 8 heteroatoms. The maximum Gasteiger partial charge on any atom is 0.282 e. The monoisotopic (exact) mass is 452 g/mol. The molecule has 3 aromatic rings. The number of nitrogens with zero attached hydrogens (tertiary/aromatic N) is 1. The molecular weight excluding hydrogens is 436 g/mol. The van der Waals surface area contributed by atoms with Crippen LogP contribution in [0.5, 0.6) is 5.75 Å². The van der Waals surface area contributed by atoms with Crippen LogP contribution in [0, 0.1) is 0 Å². The molecule has 0 atom stereocenters. The fourth-order valence-corrected chi connectivity index (χ4v) is 4.24. The molecule has 0 aliphatic heterocycles. The number of anilines is 1. The van der Waals surface area contributed by atoms with Crippen molar-refractivity contribution in [3.63, 3.8) is 0 Å². The van der Waals surface area contributed by atoms with Crippen LogP contribution in [0.2, 0.25) is 5.02 Å². The second kappa shape index (κ2) is 8.37. The average Bonchev–Trinajstić information content (AvgIpc) is 2.77. The average molecular weight is 453 g/mol. The fraction of sp³-hybridized carbons (Fsp3) is 0.0435. The van der Waals surface area contributed by atoms with E-state index in [9.17, 15) is 13.2 Å². The van der Waals surface area contributed by atoms with Crippen LogP contribution in [-0.2, 0) is 10.0 Å². The van der Waals surface area contributed by atoms with Gasteiger partial charge in [0.25, 0.3) is 10.0 Å². The molecule has 4 rings (SSSR count). The molecule has 0 unspecified atom stereocenters. The molecule has 0 saturated heterocycles. The second-order valence-corrected chi connectivity index (χ2v) is 8.73. The zero-order valence-corrected chi connectivity index (χ0v) is 17.9. The smallest absolute Gasteiger partial charge is 0.282 e. The van der Waals surface area contributed by atoms with Gasteiger partial charge in [-0.2, -0.15) is 12.8 Å². The standard InChI is InChI=1S/C23H17ClN2O4S/c1-30-17-10-8-16(9-11-17)25-22-14-21(19-4-2-3-5-20(19)23(22)27)26-31(28,29)18-12-6-15(24)7-13-18/h2-14,25H,1H3. The van der Waals surface area contributed by atoms with Gasteiger partial charge in [0.15, 0.2) is 0 Å². The second-order valence-electron chi connectivity index (χ2n) is 6.69. The molecule has 0 aromatic heterocycles. The number of Topliss-reactive ketones (excluding diaryl/α,β-unsaturated/α-hetero) is 1. The maximum atomic E-state index is 13.0. The van der Waals surface area contributed by atoms with Gasteiger partial charge in [-0.25, -0.2) is 0 Å². The van der Waals surface area contributed by atoms with E-state index in [0.717, 1.165) is 0 Å². The molecule has 0 heterocycles. The van der Waals surface area contributed by atoms with Crippen molar-refractivity contribution in [2.24, 2.45) is 4.40 Å². The van der Waals surface area contributed by atoms with Crippen molar-refractivity contribution >= 4 is 38.8 Å². The summed E-state index contributed by atoms with van der Waals surface area (Å²) < 4.78 is 34.9. The summed E-state index contributed by atoms with van der Waals surface area (Å²) in [5.74, 6) is 0.422. The first-order chi connectivity index (χ1) is 14.9. The van der Waals surface area contributed by atoms with Crippen LogP contribution in [0.15, 0.2) is 93.9 Å². The van der Waals surface area contributed by atoms with Crippen LogP contribution in [-0.4, -0.2) is 27.0 Å². The van der Waals surface area contributed by atoms with E-state index in [2.05, 4.69) is 9.71 Å². The van der Waals surface area contributed by atoms with Crippen LogP contribution in [0.25, 0.3) is 0 Å². The SMILES string of the molecule is COc1ccc(NC2=CC(=NS(=O)(=O)c3ccc(Cl)cc3)c3ccccc3C2=O)cc1. The number of hydrogen-bond donors (Lipinski definition) is 1. The number of allylic oxidation sites excluding steroid dienone is 2. The molecule has 0 bridgehead atoms. The van der Waals surface area contributed by atoms with E-state index < -0.39 is 10.0 Å². The Morgan fingerprint density at radius 2 is 1.55 bits per heavy atom. The molecule has 0 radical (unpaired) electrons. The minimum absolute atomic E-state index is 0.0110. The van der Waals surface area contributed by atoms with Crippen LogP contribution < -0.4 is 10.1 Å². The van der Waals surface area contributed by atoms with Gasteiger partial charge in [0.05, 0.1) is 23.4 Å². The quantitative estimate of drug-likeness (QED) is 0.605. The number of hydrogen-bond acceptors (Lipinski definition) is 5. The van der Waals surface area contributed by atoms with Gasteiger partial charge in [0, 0.05) is 21.8 Å². The van der Waals surface area contributed by atoms with E-state index in [4.69, 9.17) is 16.3 Å². The molecule has 0 amide bonds. The number of rotatable bonds is 5. The van der Waals surface area contributed by atoms with E-state index in [1.807, 2.05) is 0 Å². The van der Waals surface area contributed by atoms with Gasteiger partial charge in [0.1, 0.15) is 5.75 Å². The molecule has 156 valence electrons. The lowest BCUT2D eigenvalue weighted by atomic mass is 9.92. The van der Waals surface area contributed by atoms with Crippen molar-refractivity contribution in [3.05, 3.63) is 101 Å². The van der Waals surface area contributed by atoms with E-state index in [0.29, 0.717) is 27.6 Å². The number of carbonyl (C=O) groups excluding carboxylic acids is 1. The zero-order valence-electron chi connectivity index (χ0n) is 16.4. The van der Waals surface area contributed by atoms with E-state index in [-0.39, 0.29) is 22.1 Å². The number of benzene rings is 3. The van der Waals surface area contributed by atoms with Crippen LogP contribution >= 0.6 is 11.6 Å². The Morgan fingerprint density at radius 1 is 0.903 bits per heavy atom. The lowest BCUT2D eigenvalue weighted by Crippen LogP contribution is -2.22. The van der Waals surface area contributed by atoms with Gasteiger partial charge in [-0.05, 0) is 54.6 Å². The van der Waals surface area contributed by atoms with Gasteiger partial charge in [-0.1, -0.05) is 35.9 Å². The number of nitrogens with one attached hydrogen (secondary N) is 1. The number of carbonyl (C=O) groups is 1. The number of ether oxygens (including phenoxy) is 1. The number of halogens is 1. The van der Waals surface area contributed by atoms with Crippen molar-refractivity contribution < 1.29 is 17.9 Å². The van der Waals surface area contributed by atoms with Crippen LogP contribution in [0.3, 0.4) is 0 Å². The minimum Gasteiger partial charge on any atom is -0.497 e. The minimum atomic E-state index is -4.01. The zero-order chi connectivity index (χ0) is 22.0. The molecule has 3 aromatic carbocycles. The summed E-state index contributed by atoms with van der Waals surface area (Å²) in [6.07, 6.45) is 1.45. The van der Waals surface area contributed by atoms with Crippen molar-refractivity contribution in [2.75, 3.05) is 12.4 Å². The summed E-state index contributed by atoms with van der Waals surface area (Å²) in [4.78, 5) is 13.0. The molecule has 0 fully saturated rings. The Balaban J connectivity index is 1.77. The van der Waals surface area contributed by atoms with Crippen LogP contribution in [0.4, 0.5) is 5.69 Å². The maximum absolute atomic E-state index is 13.0. The normalized spacial score (nSPS) is 14.7. The van der Waals surface area contributed by atoms with Crippen molar-refractivity contribution in [3.8, 4) is 5.75 Å². The third-order valence-electron chi connectivity index (χ3n) is 4.67. The first-order valence-electron chi connectivity index (χ1n) is 9.25. The molecule has 0 spiro atoms. The topological polar surface area (TPSA) is 84.8 Å². The highest BCUT2D eigenvalue weighted by Gasteiger charge is 2.26. The molecule has 31 heavy (non-hydrogen) atoms. The highest BCUT2D eigenvalue weighted by molar-refractivity contribution is 7.90. The van der Waals surface area contributed by atoms with Crippen molar-refractivity contribution in [1.82, 2.24) is 0 Å². The van der Waals surface area contributed by atoms with Gasteiger partial charge >= 0.3 is 0 Å². The molecule has 0 saturated carbocycles. The van der Waals surface area contributed by atoms with Crippen molar-refractivity contribution in [2.45, 2.75) is 4.90 Å². The number of methoxy groups -OCH3 is 1. The highest BCUT2D eigenvalue weighted by Crippen LogP contribution is 2.26. The van der Waals surface area contributed by atoms with Crippen LogP contribution in [0.1, 0.15) is 15.9 Å². The Morgan fingerprint density at radius 3 is 2.19 bits per heavy atom. The molecule has 1 N–H and O–H groups in total. The Hall–Kier alpha value is -3.42. The first-order valence-corrected chi connectivity index (χ1v) is 11.1. The molecule has 1 aliphatic rings. The molecular formula is C23H17ClN2O4S. The molecule has 6 nitrogen and oxygen atoms in total. The summed E-state index contributed by atoms with van der Waals surface area (Å²) in [5.41, 5.74) is 1.85. The summed E-state index contributed by atoms with van der Waals surface area (Å²) >= 11 is 5.86. The summed E-state index contributed by atoms with van der Waals surface area (Å²) in [5, 5.41) is 3.47. The summed E-state index contributed by atoms with van der Waals surface area (Å²) in [7, 11) is -2.45. The largest absolute Gasteiger partial charge is 0.497 e. The Labute approximate surface area is 184 Å².